The molecule has 1 aromatic rings. The van der Waals surface area contributed by atoms with Gasteiger partial charge < -0.3 is 14.5 Å². The molecule has 1 aromatic heterocycles. The quantitative estimate of drug-likeness (QED) is 0.784. The molecule has 0 bridgehead atoms. The molecule has 1 saturated carbocycles. The van der Waals surface area contributed by atoms with Gasteiger partial charge in [-0.3, -0.25) is 4.79 Å². The number of nitrogens with zero attached hydrogens (tertiary/aromatic N) is 2. The van der Waals surface area contributed by atoms with Crippen molar-refractivity contribution in [1.82, 2.24) is 10.1 Å². The van der Waals surface area contributed by atoms with Gasteiger partial charge in [-0.15, -0.1) is 0 Å². The minimum absolute atomic E-state index is 0.0801. The van der Waals surface area contributed by atoms with Crippen LogP contribution in [0.25, 0.3) is 0 Å². The van der Waals surface area contributed by atoms with Gasteiger partial charge >= 0.3 is 0 Å². The van der Waals surface area contributed by atoms with E-state index in [1.165, 1.54) is 0 Å². The van der Waals surface area contributed by atoms with Crippen LogP contribution in [-0.4, -0.2) is 40.3 Å². The maximum Gasteiger partial charge on any atom is 0.276 e. The Balaban J connectivity index is 1.73. The van der Waals surface area contributed by atoms with Crippen molar-refractivity contribution in [3.05, 3.63) is 17.5 Å². The Morgan fingerprint density at radius 3 is 3.00 bits per heavy atom. The molecular weight excluding hydrogens is 220 g/mol. The number of fused-ring (bicyclic) bond motifs is 1. The number of aliphatic hydroxyl groups excluding tert-OH is 1. The van der Waals surface area contributed by atoms with Gasteiger partial charge in [-0.05, 0) is 25.7 Å². The molecule has 1 saturated heterocycles. The monoisotopic (exact) mass is 236 g/mol. The van der Waals surface area contributed by atoms with Crippen LogP contribution in [0.4, 0.5) is 0 Å². The zero-order valence-electron chi connectivity index (χ0n) is 9.80. The topological polar surface area (TPSA) is 66.6 Å². The van der Waals surface area contributed by atoms with Gasteiger partial charge in [-0.1, -0.05) is 5.16 Å². The third kappa shape index (κ3) is 1.74. The maximum absolute atomic E-state index is 12.1. The summed E-state index contributed by atoms with van der Waals surface area (Å²) in [5, 5.41) is 13.5. The third-order valence-electron chi connectivity index (χ3n) is 3.95. The molecule has 0 aromatic carbocycles. The lowest BCUT2D eigenvalue weighted by Gasteiger charge is -2.16. The predicted molar refractivity (Wildman–Crippen MR) is 59.4 cm³/mol. The predicted octanol–water partition coefficient (Wildman–Crippen LogP) is 0.826. The number of amides is 1. The highest BCUT2D eigenvalue weighted by Gasteiger charge is 2.43. The van der Waals surface area contributed by atoms with Crippen molar-refractivity contribution in [2.45, 2.75) is 25.9 Å². The van der Waals surface area contributed by atoms with E-state index in [2.05, 4.69) is 5.16 Å². The Labute approximate surface area is 99.4 Å². The van der Waals surface area contributed by atoms with Crippen molar-refractivity contribution in [3.63, 3.8) is 0 Å². The van der Waals surface area contributed by atoms with E-state index in [0.29, 0.717) is 23.9 Å². The average Bonchev–Trinajstić information content (AvgIpc) is 2.96. The smallest absolute Gasteiger partial charge is 0.276 e. The van der Waals surface area contributed by atoms with Crippen LogP contribution in [-0.2, 0) is 0 Å². The number of rotatable bonds is 1. The molecule has 1 amide bonds. The Hall–Kier alpha value is -1.36. The fourth-order valence-electron chi connectivity index (χ4n) is 3.03. The second-order valence-electron chi connectivity index (χ2n) is 5.10. The summed E-state index contributed by atoms with van der Waals surface area (Å²) in [6.07, 6.45) is 1.66. The number of aromatic nitrogens is 1. The molecule has 5 heteroatoms. The molecule has 3 unspecified atom stereocenters. The van der Waals surface area contributed by atoms with E-state index in [1.54, 1.807) is 17.9 Å². The molecule has 2 fully saturated rings. The summed E-state index contributed by atoms with van der Waals surface area (Å²) in [6.45, 7) is 3.16. The Morgan fingerprint density at radius 2 is 2.35 bits per heavy atom. The summed E-state index contributed by atoms with van der Waals surface area (Å²) in [7, 11) is 0. The van der Waals surface area contributed by atoms with E-state index in [1.807, 2.05) is 0 Å². The van der Waals surface area contributed by atoms with Gasteiger partial charge in [0.2, 0.25) is 0 Å². The highest BCUT2D eigenvalue weighted by atomic mass is 16.5. The molecule has 1 aliphatic carbocycles. The van der Waals surface area contributed by atoms with E-state index in [-0.39, 0.29) is 17.9 Å². The van der Waals surface area contributed by atoms with Crippen LogP contribution >= 0.6 is 0 Å². The molecule has 92 valence electrons. The fraction of sp³-hybridized carbons (Fsp3) is 0.667. The largest absolute Gasteiger partial charge is 0.393 e. The number of carbonyl (C=O) groups excluding carboxylic acids is 1. The van der Waals surface area contributed by atoms with Gasteiger partial charge in [0.25, 0.3) is 5.91 Å². The first-order chi connectivity index (χ1) is 8.15. The summed E-state index contributed by atoms with van der Waals surface area (Å²) in [5.74, 6) is 1.28. The van der Waals surface area contributed by atoms with Crippen LogP contribution < -0.4 is 0 Å². The zero-order valence-corrected chi connectivity index (χ0v) is 9.80. The first kappa shape index (κ1) is 10.8. The van der Waals surface area contributed by atoms with Gasteiger partial charge in [-0.25, -0.2) is 0 Å². The summed E-state index contributed by atoms with van der Waals surface area (Å²) in [5.41, 5.74) is 0.372. The van der Waals surface area contributed by atoms with Crippen LogP contribution in [0.15, 0.2) is 10.6 Å². The number of likely N-dealkylation sites (tertiary alicyclic amines) is 1. The fourth-order valence-corrected chi connectivity index (χ4v) is 3.03. The lowest BCUT2D eigenvalue weighted by Crippen LogP contribution is -2.31. The second kappa shape index (κ2) is 3.84. The van der Waals surface area contributed by atoms with E-state index >= 15 is 0 Å². The van der Waals surface area contributed by atoms with Crippen molar-refractivity contribution >= 4 is 5.91 Å². The van der Waals surface area contributed by atoms with Gasteiger partial charge in [0, 0.05) is 25.1 Å². The molecule has 5 nitrogen and oxygen atoms in total. The molecular formula is C12H16N2O3. The van der Waals surface area contributed by atoms with Crippen LogP contribution in [0.1, 0.15) is 29.1 Å². The molecule has 2 heterocycles. The zero-order chi connectivity index (χ0) is 12.0. The number of aliphatic hydroxyl groups is 1. The Morgan fingerprint density at radius 1 is 1.53 bits per heavy atom. The number of hydrogen-bond acceptors (Lipinski definition) is 4. The van der Waals surface area contributed by atoms with E-state index in [0.717, 1.165) is 19.4 Å². The molecule has 1 N–H and O–H groups in total. The Bertz CT molecular complexity index is 443. The van der Waals surface area contributed by atoms with Crippen molar-refractivity contribution < 1.29 is 14.4 Å². The molecule has 0 radical (unpaired) electrons. The first-order valence-corrected chi connectivity index (χ1v) is 6.06. The highest BCUT2D eigenvalue weighted by molar-refractivity contribution is 5.92. The number of hydrogen-bond donors (Lipinski definition) is 1. The van der Waals surface area contributed by atoms with E-state index < -0.39 is 0 Å². The number of carbonyl (C=O) groups is 1. The van der Waals surface area contributed by atoms with Gasteiger partial charge in [0.1, 0.15) is 5.76 Å². The van der Waals surface area contributed by atoms with Gasteiger partial charge in [0.05, 0.1) is 6.10 Å². The SMILES string of the molecule is Cc1cc(C(=O)N2CC3CCC(O)C3C2)no1. The van der Waals surface area contributed by atoms with Gasteiger partial charge in [-0.2, -0.15) is 0 Å². The molecule has 17 heavy (non-hydrogen) atoms. The molecule has 3 rings (SSSR count). The van der Waals surface area contributed by atoms with E-state index in [9.17, 15) is 9.90 Å². The molecule has 2 aliphatic rings. The minimum Gasteiger partial charge on any atom is -0.393 e. The van der Waals surface area contributed by atoms with Crippen LogP contribution in [0, 0.1) is 18.8 Å². The Kier molecular flexibility index (Phi) is 2.43. The second-order valence-corrected chi connectivity index (χ2v) is 5.10. The highest BCUT2D eigenvalue weighted by Crippen LogP contribution is 2.38. The van der Waals surface area contributed by atoms with Crippen LogP contribution in [0.3, 0.4) is 0 Å². The minimum atomic E-state index is -0.239. The molecule has 0 spiro atoms. The summed E-state index contributed by atoms with van der Waals surface area (Å²) < 4.78 is 4.91. The summed E-state index contributed by atoms with van der Waals surface area (Å²) >= 11 is 0. The van der Waals surface area contributed by atoms with Crippen molar-refractivity contribution in [2.24, 2.45) is 11.8 Å². The number of aryl methyl sites for hydroxylation is 1. The average molecular weight is 236 g/mol. The standard InChI is InChI=1S/C12H16N2O3/c1-7-4-10(13-17-7)12(16)14-5-8-2-3-11(15)9(8)6-14/h4,8-9,11,15H,2-3,5-6H2,1H3. The molecule has 1 aliphatic heterocycles. The van der Waals surface area contributed by atoms with E-state index in [4.69, 9.17) is 4.52 Å². The van der Waals surface area contributed by atoms with Crippen LogP contribution in [0.2, 0.25) is 0 Å². The van der Waals surface area contributed by atoms with Crippen molar-refractivity contribution in [3.8, 4) is 0 Å². The lowest BCUT2D eigenvalue weighted by atomic mass is 10.00. The summed E-state index contributed by atoms with van der Waals surface area (Å²) in [4.78, 5) is 13.9. The molecule has 3 atom stereocenters. The normalized spacial score (nSPS) is 31.9. The van der Waals surface area contributed by atoms with Crippen molar-refractivity contribution in [1.29, 1.82) is 0 Å². The maximum atomic E-state index is 12.1. The lowest BCUT2D eigenvalue weighted by molar-refractivity contribution is 0.0742. The van der Waals surface area contributed by atoms with Gasteiger partial charge in [0.15, 0.2) is 5.69 Å². The van der Waals surface area contributed by atoms with Crippen molar-refractivity contribution in [2.75, 3.05) is 13.1 Å². The third-order valence-corrected chi connectivity index (χ3v) is 3.95. The van der Waals surface area contributed by atoms with Crippen LogP contribution in [0.5, 0.6) is 0 Å². The summed E-state index contributed by atoms with van der Waals surface area (Å²) in [6, 6.07) is 1.66. The first-order valence-electron chi connectivity index (χ1n) is 6.06.